The third-order valence-corrected chi connectivity index (χ3v) is 2.90. The molecule has 1 saturated heterocycles. The van der Waals surface area contributed by atoms with Crippen molar-refractivity contribution in [3.05, 3.63) is 24.7 Å². The molecule has 3 rings (SSSR count). The molecule has 72 valence electrons. The Kier molecular flexibility index (Phi) is 1.73. The third kappa shape index (κ3) is 1.19. The van der Waals surface area contributed by atoms with Gasteiger partial charge in [0.1, 0.15) is 0 Å². The summed E-state index contributed by atoms with van der Waals surface area (Å²) in [5.74, 6) is 0.985. The van der Waals surface area contributed by atoms with Gasteiger partial charge in [-0.15, -0.1) is 0 Å². The predicted molar refractivity (Wildman–Crippen MR) is 53.4 cm³/mol. The average molecular weight is 207 g/mol. The summed E-state index contributed by atoms with van der Waals surface area (Å²) >= 11 is 1.25. The molecule has 0 radical (unpaired) electrons. The van der Waals surface area contributed by atoms with E-state index in [1.54, 1.807) is 0 Å². The van der Waals surface area contributed by atoms with Crippen LogP contribution in [0.25, 0.3) is 0 Å². The molecule has 0 unspecified atom stereocenters. The molecule has 0 bridgehead atoms. The Hall–Kier alpha value is -1.43. The first-order valence-electron chi connectivity index (χ1n) is 4.45. The van der Waals surface area contributed by atoms with Crippen LogP contribution in [-0.2, 0) is 0 Å². The predicted octanol–water partition coefficient (Wildman–Crippen LogP) is 0.796. The molecule has 6 heteroatoms. The lowest BCUT2D eigenvalue weighted by atomic mass is 10.1. The third-order valence-electron chi connectivity index (χ3n) is 2.43. The van der Waals surface area contributed by atoms with Crippen molar-refractivity contribution >= 4 is 17.5 Å². The highest BCUT2D eigenvalue weighted by atomic mass is 32.1. The molecule has 1 fully saturated rings. The van der Waals surface area contributed by atoms with Crippen LogP contribution in [0.2, 0.25) is 0 Å². The van der Waals surface area contributed by atoms with Crippen LogP contribution in [0.5, 0.6) is 0 Å². The second-order valence-electron chi connectivity index (χ2n) is 3.31. The van der Waals surface area contributed by atoms with Gasteiger partial charge in [0.25, 0.3) is 0 Å². The molecule has 0 saturated carbocycles. The zero-order valence-corrected chi connectivity index (χ0v) is 8.26. The van der Waals surface area contributed by atoms with Gasteiger partial charge in [0.15, 0.2) is 5.82 Å². The Morgan fingerprint density at radius 1 is 1.43 bits per heavy atom. The van der Waals surface area contributed by atoms with Crippen molar-refractivity contribution in [3.63, 3.8) is 0 Å². The molecule has 5 nitrogen and oxygen atoms in total. The molecule has 14 heavy (non-hydrogen) atoms. The fraction of sp³-hybridized carbons (Fsp3) is 0.375. The summed E-state index contributed by atoms with van der Waals surface area (Å²) in [6.45, 7) is 1.96. The van der Waals surface area contributed by atoms with Crippen LogP contribution in [0, 0.1) is 0 Å². The highest BCUT2D eigenvalue weighted by molar-refractivity contribution is 6.99. The standard InChI is InChI=1S/C8H9N5S/c1-2-9-13(3-1)7-5-12(6-7)8-4-10-14-11-8/h1-4,7H,5-6H2. The minimum Gasteiger partial charge on any atom is -0.350 e. The lowest BCUT2D eigenvalue weighted by molar-refractivity contribution is 0.366. The Morgan fingerprint density at radius 3 is 3.00 bits per heavy atom. The van der Waals surface area contributed by atoms with Crippen LogP contribution >= 0.6 is 11.7 Å². The minimum atomic E-state index is 0.492. The van der Waals surface area contributed by atoms with Gasteiger partial charge in [-0.3, -0.25) is 4.68 Å². The lowest BCUT2D eigenvalue weighted by Crippen LogP contribution is -2.48. The Labute approximate surface area is 85.3 Å². The van der Waals surface area contributed by atoms with Crippen molar-refractivity contribution in [2.45, 2.75) is 6.04 Å². The fourth-order valence-corrected chi connectivity index (χ4v) is 2.04. The molecule has 1 aliphatic heterocycles. The molecule has 3 heterocycles. The maximum absolute atomic E-state index is 4.21. The van der Waals surface area contributed by atoms with Crippen molar-refractivity contribution in [3.8, 4) is 0 Å². The molecule has 0 atom stereocenters. The average Bonchev–Trinajstić information content (AvgIpc) is 2.71. The van der Waals surface area contributed by atoms with E-state index < -0.39 is 0 Å². The maximum Gasteiger partial charge on any atom is 0.162 e. The van der Waals surface area contributed by atoms with Crippen molar-refractivity contribution in [1.29, 1.82) is 0 Å². The smallest absolute Gasteiger partial charge is 0.162 e. The molecule has 1 aliphatic rings. The van der Waals surface area contributed by atoms with Gasteiger partial charge in [-0.25, -0.2) is 0 Å². The first kappa shape index (κ1) is 7.93. The largest absolute Gasteiger partial charge is 0.350 e. The quantitative estimate of drug-likeness (QED) is 0.730. The van der Waals surface area contributed by atoms with Crippen molar-refractivity contribution in [1.82, 2.24) is 18.5 Å². The van der Waals surface area contributed by atoms with Gasteiger partial charge in [-0.2, -0.15) is 13.8 Å². The van der Waals surface area contributed by atoms with Crippen LogP contribution in [-0.4, -0.2) is 31.6 Å². The summed E-state index contributed by atoms with van der Waals surface area (Å²) in [7, 11) is 0. The fourth-order valence-electron chi connectivity index (χ4n) is 1.61. The minimum absolute atomic E-state index is 0.492. The van der Waals surface area contributed by atoms with Crippen LogP contribution < -0.4 is 4.90 Å². The molecule has 0 spiro atoms. The molecule has 0 aliphatic carbocycles. The SMILES string of the molecule is c1cnn(C2CN(c3cnsn3)C2)c1. The van der Waals surface area contributed by atoms with Crippen LogP contribution in [0.4, 0.5) is 5.82 Å². The van der Waals surface area contributed by atoms with Gasteiger partial charge in [0.2, 0.25) is 0 Å². The van der Waals surface area contributed by atoms with E-state index >= 15 is 0 Å². The van der Waals surface area contributed by atoms with E-state index in [1.165, 1.54) is 11.7 Å². The van der Waals surface area contributed by atoms with E-state index in [9.17, 15) is 0 Å². The van der Waals surface area contributed by atoms with Gasteiger partial charge in [-0.1, -0.05) is 0 Å². The number of hydrogen-bond acceptors (Lipinski definition) is 5. The highest BCUT2D eigenvalue weighted by Gasteiger charge is 2.29. The number of aromatic nitrogens is 4. The van der Waals surface area contributed by atoms with Gasteiger partial charge < -0.3 is 4.90 Å². The zero-order chi connectivity index (χ0) is 9.38. The monoisotopic (exact) mass is 207 g/mol. The Morgan fingerprint density at radius 2 is 2.36 bits per heavy atom. The summed E-state index contributed by atoms with van der Waals surface area (Å²) in [6, 6.07) is 2.44. The van der Waals surface area contributed by atoms with E-state index in [-0.39, 0.29) is 0 Å². The normalized spacial score (nSPS) is 17.0. The molecule has 0 N–H and O–H groups in total. The van der Waals surface area contributed by atoms with Crippen LogP contribution in [0.1, 0.15) is 6.04 Å². The summed E-state index contributed by atoms with van der Waals surface area (Å²) in [5, 5.41) is 4.21. The molecule has 2 aromatic heterocycles. The number of rotatable bonds is 2. The van der Waals surface area contributed by atoms with E-state index in [0.29, 0.717) is 6.04 Å². The first-order valence-corrected chi connectivity index (χ1v) is 5.18. The summed E-state index contributed by atoms with van der Waals surface area (Å²) in [5.41, 5.74) is 0. The van der Waals surface area contributed by atoms with E-state index in [4.69, 9.17) is 0 Å². The van der Waals surface area contributed by atoms with Gasteiger partial charge in [0.05, 0.1) is 24.0 Å². The number of nitrogens with zero attached hydrogens (tertiary/aromatic N) is 5. The zero-order valence-electron chi connectivity index (χ0n) is 7.45. The molecule has 0 aromatic carbocycles. The van der Waals surface area contributed by atoms with Crippen LogP contribution in [0.3, 0.4) is 0 Å². The molecular formula is C8H9N5S. The second kappa shape index (κ2) is 3.06. The first-order chi connectivity index (χ1) is 6.93. The summed E-state index contributed by atoms with van der Waals surface area (Å²) < 4.78 is 10.2. The van der Waals surface area contributed by atoms with Crippen molar-refractivity contribution in [2.24, 2.45) is 0 Å². The lowest BCUT2D eigenvalue weighted by Gasteiger charge is -2.39. The Balaban J connectivity index is 1.67. The van der Waals surface area contributed by atoms with Crippen LogP contribution in [0.15, 0.2) is 24.7 Å². The second-order valence-corrected chi connectivity index (χ2v) is 3.87. The molecule has 2 aromatic rings. The summed E-state index contributed by atoms with van der Waals surface area (Å²) in [4.78, 5) is 2.20. The van der Waals surface area contributed by atoms with E-state index in [1.807, 2.05) is 29.3 Å². The topological polar surface area (TPSA) is 46.8 Å². The maximum atomic E-state index is 4.21. The van der Waals surface area contributed by atoms with Gasteiger partial charge >= 0.3 is 0 Å². The van der Waals surface area contributed by atoms with Gasteiger partial charge in [0, 0.05) is 25.5 Å². The Bertz CT molecular complexity index is 351. The molecule has 0 amide bonds. The highest BCUT2D eigenvalue weighted by Crippen LogP contribution is 2.25. The van der Waals surface area contributed by atoms with E-state index in [2.05, 4.69) is 18.7 Å². The molecular weight excluding hydrogens is 198 g/mol. The summed E-state index contributed by atoms with van der Waals surface area (Å²) in [6.07, 6.45) is 5.62. The number of anilines is 1. The van der Waals surface area contributed by atoms with Crippen molar-refractivity contribution in [2.75, 3.05) is 18.0 Å². The number of hydrogen-bond donors (Lipinski definition) is 0. The van der Waals surface area contributed by atoms with Crippen molar-refractivity contribution < 1.29 is 0 Å². The van der Waals surface area contributed by atoms with E-state index in [0.717, 1.165) is 18.9 Å². The van der Waals surface area contributed by atoms with Gasteiger partial charge in [-0.05, 0) is 6.07 Å².